The Morgan fingerprint density at radius 1 is 1.41 bits per heavy atom. The average molecular weight is 255 g/mol. The second kappa shape index (κ2) is 7.37. The van der Waals surface area contributed by atoms with Gasteiger partial charge in [0.2, 0.25) is 5.88 Å². The summed E-state index contributed by atoms with van der Waals surface area (Å²) >= 11 is 1.67. The Kier molecular flexibility index (Phi) is 6.11. The lowest BCUT2D eigenvalue weighted by molar-refractivity contribution is 0.305. The average Bonchev–Trinajstić information content (AvgIpc) is 2.35. The third-order valence-corrected chi connectivity index (χ3v) is 3.79. The molecule has 0 bridgehead atoms. The van der Waals surface area contributed by atoms with Gasteiger partial charge >= 0.3 is 0 Å². The van der Waals surface area contributed by atoms with Crippen molar-refractivity contribution in [1.82, 2.24) is 9.97 Å². The number of hydrogen-bond acceptors (Lipinski definition) is 5. The van der Waals surface area contributed by atoms with Crippen molar-refractivity contribution in [2.24, 2.45) is 5.92 Å². The molecule has 4 nitrogen and oxygen atoms in total. The molecule has 17 heavy (non-hydrogen) atoms. The molecule has 1 aromatic rings. The fraction of sp³-hybridized carbons (Fsp3) is 0.667. The van der Waals surface area contributed by atoms with E-state index in [2.05, 4.69) is 30.7 Å². The van der Waals surface area contributed by atoms with Gasteiger partial charge in [0.1, 0.15) is 17.0 Å². The number of thioether (sulfide) groups is 1. The second-order valence-corrected chi connectivity index (χ2v) is 5.08. The van der Waals surface area contributed by atoms with Crippen molar-refractivity contribution in [2.45, 2.75) is 38.6 Å². The van der Waals surface area contributed by atoms with Crippen LogP contribution < -0.4 is 10.5 Å². The summed E-state index contributed by atoms with van der Waals surface area (Å²) in [5.41, 5.74) is 6.55. The standard InChI is InChI=1S/C12H21N3OS/c1-4-6-16-11-10(13)12(15-8-14-11)17-7-9(3)5-2/h8-9H,4-7,13H2,1-3H3. The number of aromatic nitrogens is 2. The molecule has 1 atom stereocenters. The summed E-state index contributed by atoms with van der Waals surface area (Å²) in [6, 6.07) is 0. The molecule has 0 saturated carbocycles. The van der Waals surface area contributed by atoms with Gasteiger partial charge in [-0.05, 0) is 12.3 Å². The summed E-state index contributed by atoms with van der Waals surface area (Å²) in [6.45, 7) is 7.09. The molecular formula is C12H21N3OS. The van der Waals surface area contributed by atoms with Crippen molar-refractivity contribution >= 4 is 17.4 Å². The SMILES string of the molecule is CCCOc1ncnc(SCC(C)CC)c1N. The largest absolute Gasteiger partial charge is 0.476 e. The number of rotatable bonds is 7. The first-order chi connectivity index (χ1) is 8.19. The Labute approximate surface area is 107 Å². The second-order valence-electron chi connectivity index (χ2n) is 4.07. The zero-order valence-corrected chi connectivity index (χ0v) is 11.6. The Hall–Kier alpha value is -0.970. The lowest BCUT2D eigenvalue weighted by Crippen LogP contribution is -2.04. The van der Waals surface area contributed by atoms with Gasteiger partial charge in [-0.25, -0.2) is 4.98 Å². The van der Waals surface area contributed by atoms with Crippen molar-refractivity contribution < 1.29 is 4.74 Å². The first-order valence-corrected chi connectivity index (χ1v) is 7.03. The summed E-state index contributed by atoms with van der Waals surface area (Å²) in [6.07, 6.45) is 3.62. The van der Waals surface area contributed by atoms with E-state index in [-0.39, 0.29) is 0 Å². The first kappa shape index (κ1) is 14.1. The number of hydrogen-bond donors (Lipinski definition) is 1. The van der Waals surface area contributed by atoms with Crippen LogP contribution in [0.3, 0.4) is 0 Å². The van der Waals surface area contributed by atoms with Crippen LogP contribution in [0.1, 0.15) is 33.6 Å². The lowest BCUT2D eigenvalue weighted by atomic mass is 10.2. The summed E-state index contributed by atoms with van der Waals surface area (Å²) in [7, 11) is 0. The molecule has 0 fully saturated rings. The van der Waals surface area contributed by atoms with Crippen LogP contribution in [0.25, 0.3) is 0 Å². The molecule has 5 heteroatoms. The maximum Gasteiger partial charge on any atom is 0.241 e. The molecule has 1 rings (SSSR count). The van der Waals surface area contributed by atoms with E-state index in [0.717, 1.165) is 23.6 Å². The van der Waals surface area contributed by atoms with Crippen molar-refractivity contribution in [2.75, 3.05) is 18.1 Å². The molecule has 0 spiro atoms. The van der Waals surface area contributed by atoms with Crippen LogP contribution in [0, 0.1) is 5.92 Å². The van der Waals surface area contributed by atoms with E-state index in [1.807, 2.05) is 0 Å². The molecule has 96 valence electrons. The van der Waals surface area contributed by atoms with Crippen molar-refractivity contribution in [3.63, 3.8) is 0 Å². The van der Waals surface area contributed by atoms with Crippen LogP contribution in [0.2, 0.25) is 0 Å². The summed E-state index contributed by atoms with van der Waals surface area (Å²) < 4.78 is 5.47. The summed E-state index contributed by atoms with van der Waals surface area (Å²) in [5.74, 6) is 2.19. The Bertz CT molecular complexity index is 347. The van der Waals surface area contributed by atoms with Gasteiger partial charge in [0.15, 0.2) is 0 Å². The molecule has 0 radical (unpaired) electrons. The third kappa shape index (κ3) is 4.42. The van der Waals surface area contributed by atoms with Crippen LogP contribution >= 0.6 is 11.8 Å². The molecule has 0 aliphatic rings. The fourth-order valence-electron chi connectivity index (χ4n) is 1.13. The number of nitrogens with zero attached hydrogens (tertiary/aromatic N) is 2. The first-order valence-electron chi connectivity index (χ1n) is 6.05. The van der Waals surface area contributed by atoms with Gasteiger partial charge < -0.3 is 10.5 Å². The monoisotopic (exact) mass is 255 g/mol. The van der Waals surface area contributed by atoms with E-state index >= 15 is 0 Å². The minimum Gasteiger partial charge on any atom is -0.476 e. The molecule has 1 heterocycles. The van der Waals surface area contributed by atoms with E-state index in [1.54, 1.807) is 11.8 Å². The van der Waals surface area contributed by atoms with Gasteiger partial charge in [0, 0.05) is 5.75 Å². The predicted octanol–water partition coefficient (Wildman–Crippen LogP) is 2.99. The minimum atomic E-state index is 0.508. The molecule has 0 aromatic carbocycles. The molecule has 0 saturated heterocycles. The lowest BCUT2D eigenvalue weighted by Gasteiger charge is -2.11. The molecule has 1 unspecified atom stereocenters. The number of nitrogen functional groups attached to an aromatic ring is 1. The number of ether oxygens (including phenoxy) is 1. The highest BCUT2D eigenvalue weighted by Gasteiger charge is 2.10. The van der Waals surface area contributed by atoms with Gasteiger partial charge in [-0.15, -0.1) is 11.8 Å². The van der Waals surface area contributed by atoms with Gasteiger partial charge in [0.05, 0.1) is 6.61 Å². The smallest absolute Gasteiger partial charge is 0.241 e. The molecule has 2 N–H and O–H groups in total. The maximum atomic E-state index is 5.98. The summed E-state index contributed by atoms with van der Waals surface area (Å²) in [4.78, 5) is 8.25. The Morgan fingerprint density at radius 2 is 2.18 bits per heavy atom. The molecular weight excluding hydrogens is 234 g/mol. The Balaban J connectivity index is 2.65. The van der Waals surface area contributed by atoms with Crippen LogP contribution in [-0.4, -0.2) is 22.3 Å². The molecule has 0 aliphatic heterocycles. The topological polar surface area (TPSA) is 61.0 Å². The van der Waals surface area contributed by atoms with Gasteiger partial charge in [-0.1, -0.05) is 27.2 Å². The van der Waals surface area contributed by atoms with Crippen molar-refractivity contribution in [3.8, 4) is 5.88 Å². The molecule has 1 aromatic heterocycles. The minimum absolute atomic E-state index is 0.508. The maximum absolute atomic E-state index is 5.98. The quantitative estimate of drug-likeness (QED) is 0.599. The highest BCUT2D eigenvalue weighted by atomic mass is 32.2. The van der Waals surface area contributed by atoms with E-state index in [1.165, 1.54) is 6.33 Å². The van der Waals surface area contributed by atoms with Crippen LogP contribution in [0.5, 0.6) is 5.88 Å². The van der Waals surface area contributed by atoms with Gasteiger partial charge in [0.25, 0.3) is 0 Å². The van der Waals surface area contributed by atoms with E-state index < -0.39 is 0 Å². The normalized spacial score (nSPS) is 12.4. The zero-order valence-electron chi connectivity index (χ0n) is 10.8. The van der Waals surface area contributed by atoms with E-state index in [9.17, 15) is 0 Å². The number of anilines is 1. The van der Waals surface area contributed by atoms with Gasteiger partial charge in [-0.3, -0.25) is 0 Å². The zero-order chi connectivity index (χ0) is 12.7. The Morgan fingerprint density at radius 3 is 2.82 bits per heavy atom. The summed E-state index contributed by atoms with van der Waals surface area (Å²) in [5, 5.41) is 0.825. The van der Waals surface area contributed by atoms with E-state index in [4.69, 9.17) is 10.5 Å². The number of nitrogens with two attached hydrogens (primary N) is 1. The van der Waals surface area contributed by atoms with Crippen LogP contribution in [0.4, 0.5) is 5.69 Å². The predicted molar refractivity (Wildman–Crippen MR) is 72.4 cm³/mol. The molecule has 0 aliphatic carbocycles. The van der Waals surface area contributed by atoms with Crippen LogP contribution in [-0.2, 0) is 0 Å². The van der Waals surface area contributed by atoms with Crippen LogP contribution in [0.15, 0.2) is 11.4 Å². The van der Waals surface area contributed by atoms with Crippen molar-refractivity contribution in [1.29, 1.82) is 0 Å². The highest BCUT2D eigenvalue weighted by molar-refractivity contribution is 7.99. The fourth-order valence-corrected chi connectivity index (χ4v) is 2.17. The van der Waals surface area contributed by atoms with Gasteiger partial charge in [-0.2, -0.15) is 4.98 Å². The highest BCUT2D eigenvalue weighted by Crippen LogP contribution is 2.30. The third-order valence-electron chi connectivity index (χ3n) is 2.46. The van der Waals surface area contributed by atoms with E-state index in [0.29, 0.717) is 24.1 Å². The van der Waals surface area contributed by atoms with Crippen molar-refractivity contribution in [3.05, 3.63) is 6.33 Å². The molecule has 0 amide bonds.